The fraction of sp³-hybridized carbons (Fsp3) is 0.505. The maximum Gasteiger partial charge on any atom is 0.338 e. The number of anilines is 3. The van der Waals surface area contributed by atoms with Crippen molar-refractivity contribution in [1.82, 2.24) is 40.3 Å². The molecule has 1 fully saturated rings. The number of benzene rings is 6. The van der Waals surface area contributed by atoms with Crippen molar-refractivity contribution in [3.63, 3.8) is 0 Å². The maximum atomic E-state index is 16.1. The second-order valence-corrected chi connectivity index (χ2v) is 36.2. The first kappa shape index (κ1) is 109. The summed E-state index contributed by atoms with van der Waals surface area (Å²) in [6.45, 7) is 3.44. The summed E-state index contributed by atoms with van der Waals surface area (Å²) in [5.74, 6) is -24.5. The molecule has 0 spiro atoms. The van der Waals surface area contributed by atoms with Crippen molar-refractivity contribution >= 4 is 85.4 Å². The Morgan fingerprint density at radius 2 is 0.750 bits per heavy atom. The van der Waals surface area contributed by atoms with Crippen LogP contribution in [0, 0.1) is 40.8 Å². The molecule has 1 saturated carbocycles. The fourth-order valence-corrected chi connectivity index (χ4v) is 18.2. The van der Waals surface area contributed by atoms with Gasteiger partial charge in [-0.05, 0) is 176 Å². The van der Waals surface area contributed by atoms with E-state index in [-0.39, 0.29) is 54.3 Å². The van der Waals surface area contributed by atoms with Gasteiger partial charge in [0.15, 0.2) is 36.3 Å². The van der Waals surface area contributed by atoms with Crippen molar-refractivity contribution in [1.29, 1.82) is 0 Å². The number of alkyl halides is 6. The third-order valence-corrected chi connectivity index (χ3v) is 25.5. The molecule has 3 aliphatic heterocycles. The van der Waals surface area contributed by atoms with E-state index in [4.69, 9.17) is 24.4 Å². The van der Waals surface area contributed by atoms with Crippen LogP contribution in [0.15, 0.2) is 109 Å². The van der Waals surface area contributed by atoms with E-state index in [2.05, 4.69) is 41.5 Å². The van der Waals surface area contributed by atoms with Gasteiger partial charge < -0.3 is 112 Å². The van der Waals surface area contributed by atoms with Crippen LogP contribution >= 0.6 is 0 Å². The highest BCUT2D eigenvalue weighted by atomic mass is 19.3. The Morgan fingerprint density at radius 1 is 0.443 bits per heavy atom. The number of fused-ring (bicyclic) bond motifs is 9. The zero-order chi connectivity index (χ0) is 102. The van der Waals surface area contributed by atoms with Crippen LogP contribution in [0.3, 0.4) is 0 Å². The molecule has 43 heteroatoms. The average Bonchev–Trinajstić information content (AvgIpc) is 1.57. The Bertz CT molecular complexity index is 5480. The molecule has 766 valence electrons. The number of hydrogen-bond acceptors (Lipinski definition) is 26. The lowest BCUT2D eigenvalue weighted by Gasteiger charge is -2.42. The lowest BCUT2D eigenvalue weighted by molar-refractivity contribution is -0.170. The number of para-hydroxylation sites is 3. The van der Waals surface area contributed by atoms with Crippen LogP contribution in [0.1, 0.15) is 161 Å². The van der Waals surface area contributed by atoms with Gasteiger partial charge in [-0.2, -0.15) is 0 Å². The van der Waals surface area contributed by atoms with Crippen molar-refractivity contribution in [2.24, 2.45) is 5.92 Å². The van der Waals surface area contributed by atoms with E-state index in [1.54, 1.807) is 45.0 Å². The van der Waals surface area contributed by atoms with Gasteiger partial charge in [0.25, 0.3) is 17.8 Å². The first-order chi connectivity index (χ1) is 66.3. The van der Waals surface area contributed by atoms with E-state index in [0.29, 0.717) is 86.2 Å². The van der Waals surface area contributed by atoms with E-state index in [9.17, 15) is 101 Å². The number of carbonyl (C=O) groups is 6. The smallest absolute Gasteiger partial charge is 0.338 e. The van der Waals surface area contributed by atoms with Gasteiger partial charge in [0.2, 0.25) is 0 Å². The first-order valence-corrected chi connectivity index (χ1v) is 46.1. The normalized spacial score (nSPS) is 20.2. The summed E-state index contributed by atoms with van der Waals surface area (Å²) in [5, 5.41) is 121. The number of aliphatic hydroxyl groups excluding tert-OH is 9. The number of aromatic nitrogens is 3. The third-order valence-electron chi connectivity index (χ3n) is 25.5. The van der Waals surface area contributed by atoms with Crippen LogP contribution in [-0.4, -0.2) is 298 Å². The Kier molecular flexibility index (Phi) is 37.6. The number of carboxylic acids is 2. The fourth-order valence-electron chi connectivity index (χ4n) is 18.2. The summed E-state index contributed by atoms with van der Waals surface area (Å²) in [4.78, 5) is 82.4. The molecule has 0 radical (unpaired) electrons. The number of H-pyrrole nitrogens is 3. The molecule has 1 aliphatic carbocycles. The number of nitrogens with zero attached hydrogens (tertiary/aromatic N) is 3. The van der Waals surface area contributed by atoms with Gasteiger partial charge in [0.1, 0.15) is 74.0 Å². The van der Waals surface area contributed by atoms with E-state index in [1.165, 1.54) is 26.8 Å². The Hall–Kier alpha value is -11.0. The highest BCUT2D eigenvalue weighted by Crippen LogP contribution is 2.49. The number of rotatable bonds is 45. The van der Waals surface area contributed by atoms with Crippen LogP contribution in [0.4, 0.5) is 69.7 Å². The van der Waals surface area contributed by atoms with Crippen LogP contribution in [0.5, 0.6) is 0 Å². The number of carboxylic acid groups (broad SMARTS) is 2. The number of unbranched alkanes of at least 4 members (excludes halogenated alkanes) is 2. The van der Waals surface area contributed by atoms with Crippen molar-refractivity contribution in [2.75, 3.05) is 101 Å². The summed E-state index contributed by atoms with van der Waals surface area (Å²) in [5.41, 5.74) is 4.38. The number of aliphatic hydroxyl groups is 9. The van der Waals surface area contributed by atoms with E-state index in [0.717, 1.165) is 95.2 Å². The number of Topliss-reactive ketones (excluding diaryl/α,β-unsaturated/α-hetero) is 1. The van der Waals surface area contributed by atoms with Crippen LogP contribution in [0.25, 0.3) is 32.7 Å². The average molecular weight is 1990 g/mol. The topological polar surface area (TPSA) is 470 Å². The summed E-state index contributed by atoms with van der Waals surface area (Å²) in [7, 11) is 0. The molecule has 13 rings (SSSR count). The van der Waals surface area contributed by atoms with Gasteiger partial charge in [-0.25, -0.2) is 76.7 Å². The number of esters is 3. The number of halogens is 12. The molecule has 6 heterocycles. The molecular weight excluding hydrogens is 1870 g/mol. The number of ether oxygens (including phenoxy) is 3. The Balaban J connectivity index is 0.000000201. The Morgan fingerprint density at radius 3 is 1.06 bits per heavy atom. The molecule has 3 aromatic heterocycles. The molecule has 0 bridgehead atoms. The number of ketones is 1. The first-order valence-electron chi connectivity index (χ1n) is 46.1. The molecule has 0 unspecified atom stereocenters. The van der Waals surface area contributed by atoms with Gasteiger partial charge in [0, 0.05) is 121 Å². The lowest BCUT2D eigenvalue weighted by atomic mass is 9.77. The van der Waals surface area contributed by atoms with Gasteiger partial charge >= 0.3 is 29.8 Å². The molecule has 6 aromatic carbocycles. The summed E-state index contributed by atoms with van der Waals surface area (Å²) in [6, 6.07) is 21.0. The van der Waals surface area contributed by atoms with Gasteiger partial charge in [-0.1, -0.05) is 81.3 Å². The second-order valence-electron chi connectivity index (χ2n) is 36.2. The molecule has 140 heavy (non-hydrogen) atoms. The van der Waals surface area contributed by atoms with Crippen molar-refractivity contribution in [3.8, 4) is 0 Å². The minimum Gasteiger partial charge on any atom is -0.479 e. The standard InChI is InChI=1S/C33H39F4N3O6.2C32H40F4N4O7/c1-17-10-23-22-7-3-4-8-26(22)39-28(23)29(40(17)15-33(36,37)16-41)27-24(34)13-21(14-25(27)35)38-20-11-19(12-20)6-5-9-46-32(45)31(44)30(43)18(2)42;2*1-3-4-9-37-13-19(14-47-31(46)29(43)28(42)30(44)45)38-18-11-22(33)25(23(34)12-18)27-26-21(20-7-5-6-8-24(20)39-26)10-17(2)40(27)15-32(35,36)16-41/h3-4,7-8,13-14,17,19-20,29-31,38-39,41,43-44H,5-6,9-12,15-16H2,1-2H3;2*5-8,11-12,17,19,27-29,37-39,41-43H,3-4,9-10,13-16H2,1-2H3,(H,44,45)/t17-,19?,20?,29-,30+,31-;17-,19+,27-,28-,29-;17-,19-,27-,28-,29-/m111/s1. The summed E-state index contributed by atoms with van der Waals surface area (Å²) < 4.78 is 198. The predicted octanol–water partition coefficient (Wildman–Crippen LogP) is 10.1. The molecular formula is C97H119F12N11O20. The SMILES string of the molecule is CC(=O)[C@H](O)[C@@H](O)C(=O)OCCCC1CC(Nc2cc(F)c([C@@H]3c4[nH]c5ccccc5c4C[C@@H](C)N3CC(F)(F)CO)c(F)c2)C1.CCCCNC[C@@H](COC(=O)[C@H](O)[C@@H](O)C(=O)O)Nc1cc(F)c([C@@H]2c3[nH]c4ccccc4c3C[C@@H](C)N2CC(F)(F)CO)c(F)c1.CCCCNC[C@H](COC(=O)[C@H](O)[C@@H](O)C(=O)O)Nc1cc(F)c([C@@H]2c3[nH]c4ccccc4c3C[C@@H](C)N2CC(F)(F)CO)c(F)c1. The quantitative estimate of drug-likeness (QED) is 0.00730. The van der Waals surface area contributed by atoms with Crippen molar-refractivity contribution in [3.05, 3.63) is 195 Å². The lowest BCUT2D eigenvalue weighted by Crippen LogP contribution is -2.49. The van der Waals surface area contributed by atoms with Gasteiger partial charge in [-0.15, -0.1) is 0 Å². The monoisotopic (exact) mass is 1990 g/mol. The number of aliphatic carboxylic acids is 2. The molecule has 9 aromatic rings. The van der Waals surface area contributed by atoms with E-state index < -0.39 is 237 Å². The van der Waals surface area contributed by atoms with Gasteiger partial charge in [-0.3, -0.25) is 19.5 Å². The number of carbonyl (C=O) groups excluding carboxylic acids is 4. The van der Waals surface area contributed by atoms with Crippen LogP contribution in [0.2, 0.25) is 0 Å². The van der Waals surface area contributed by atoms with E-state index >= 15 is 26.3 Å². The van der Waals surface area contributed by atoms with Crippen molar-refractivity contribution < 1.29 is 152 Å². The van der Waals surface area contributed by atoms with Crippen LogP contribution < -0.4 is 26.6 Å². The molecule has 0 saturated heterocycles. The highest BCUT2D eigenvalue weighted by molar-refractivity contribution is 5.90. The highest BCUT2D eigenvalue weighted by Gasteiger charge is 2.49. The zero-order valence-electron chi connectivity index (χ0n) is 77.6. The zero-order valence-corrected chi connectivity index (χ0v) is 77.6. The summed E-state index contributed by atoms with van der Waals surface area (Å²) >= 11 is 0. The predicted molar refractivity (Wildman–Crippen MR) is 490 cm³/mol. The second kappa shape index (κ2) is 48.2. The van der Waals surface area contributed by atoms with E-state index in [1.807, 2.05) is 62.4 Å². The minimum absolute atomic E-state index is 0.00608. The molecule has 14 atom stereocenters. The number of aromatic amines is 3. The molecule has 0 amide bonds. The largest absolute Gasteiger partial charge is 0.479 e. The maximum absolute atomic E-state index is 16.1. The number of nitrogens with one attached hydrogen (secondary N) is 8. The summed E-state index contributed by atoms with van der Waals surface area (Å²) in [6.07, 6.45) is -6.34. The third kappa shape index (κ3) is 26.6. The van der Waals surface area contributed by atoms with Gasteiger partial charge in [0.05, 0.1) is 56.5 Å². The van der Waals surface area contributed by atoms with Crippen molar-refractivity contribution in [2.45, 2.75) is 221 Å². The van der Waals surface area contributed by atoms with Crippen LogP contribution in [-0.2, 0) is 62.2 Å². The molecule has 31 nitrogen and oxygen atoms in total. The number of hydrogen-bond donors (Lipinski definition) is 19. The molecule has 19 N–H and O–H groups in total. The Labute approximate surface area is 797 Å². The minimum atomic E-state index is -3.55. The molecule has 4 aliphatic rings.